The quantitative estimate of drug-likeness (QED) is 0.583. The summed E-state index contributed by atoms with van der Waals surface area (Å²) in [7, 11) is 1.97. The second-order valence-electron chi connectivity index (χ2n) is 9.55. The number of rotatable bonds is 5. The number of hydrogen-bond donors (Lipinski definition) is 1. The van der Waals surface area contributed by atoms with E-state index in [2.05, 4.69) is 25.3 Å². The van der Waals surface area contributed by atoms with Crippen LogP contribution in [0.15, 0.2) is 30.6 Å². The summed E-state index contributed by atoms with van der Waals surface area (Å²) in [6.45, 7) is 3.07. The van der Waals surface area contributed by atoms with Gasteiger partial charge in [-0.2, -0.15) is 5.10 Å². The van der Waals surface area contributed by atoms with Crippen molar-refractivity contribution >= 4 is 22.8 Å². The molecule has 2 aliphatic rings. The largest absolute Gasteiger partial charge is 0.298 e. The Morgan fingerprint density at radius 3 is 2.68 bits per heavy atom. The molecule has 9 heteroatoms. The maximum Gasteiger partial charge on any atom is 0.248 e. The molecule has 1 aliphatic carbocycles. The summed E-state index contributed by atoms with van der Waals surface area (Å²) in [4.78, 5) is 23.9. The van der Waals surface area contributed by atoms with Crippen molar-refractivity contribution in [2.45, 2.75) is 57.4 Å². The van der Waals surface area contributed by atoms with Gasteiger partial charge in [0.05, 0.1) is 17.4 Å². The first kappa shape index (κ1) is 22.8. The van der Waals surface area contributed by atoms with E-state index in [0.29, 0.717) is 5.52 Å². The molecule has 0 radical (unpaired) electrons. The molecule has 1 aromatic carbocycles. The van der Waals surface area contributed by atoms with Gasteiger partial charge in [-0.1, -0.05) is 18.6 Å². The third kappa shape index (κ3) is 4.94. The summed E-state index contributed by atoms with van der Waals surface area (Å²) in [5.74, 6) is -3.18. The predicted molar refractivity (Wildman–Crippen MR) is 126 cm³/mol. The average Bonchev–Trinajstić information content (AvgIpc) is 3.19. The number of likely N-dealkylation sites (tertiary alicyclic amines) is 1. The molecular weight excluding hydrogens is 438 g/mol. The predicted octanol–water partition coefficient (Wildman–Crippen LogP) is 4.78. The van der Waals surface area contributed by atoms with E-state index in [-0.39, 0.29) is 37.5 Å². The van der Waals surface area contributed by atoms with E-state index in [1.165, 1.54) is 19.3 Å². The van der Waals surface area contributed by atoms with Gasteiger partial charge in [0.25, 0.3) is 0 Å². The van der Waals surface area contributed by atoms with E-state index < -0.39 is 11.8 Å². The first-order valence-corrected chi connectivity index (χ1v) is 12.1. The van der Waals surface area contributed by atoms with Crippen LogP contribution < -0.4 is 5.32 Å². The van der Waals surface area contributed by atoms with Crippen LogP contribution in [0.2, 0.25) is 0 Å². The highest BCUT2D eigenvalue weighted by Gasteiger charge is 2.37. The number of carbonyl (C=O) groups is 1. The molecule has 0 unspecified atom stereocenters. The van der Waals surface area contributed by atoms with Gasteiger partial charge in [-0.15, -0.1) is 0 Å². The number of amides is 1. The zero-order valence-corrected chi connectivity index (χ0v) is 19.4. The van der Waals surface area contributed by atoms with Crippen LogP contribution in [0.3, 0.4) is 0 Å². The number of fused-ring (bicyclic) bond motifs is 1. The fourth-order valence-corrected chi connectivity index (χ4v) is 4.99. The molecule has 3 heterocycles. The Labute approximate surface area is 197 Å². The number of benzene rings is 1. The van der Waals surface area contributed by atoms with E-state index >= 15 is 0 Å². The Hall–Kier alpha value is -2.94. The Morgan fingerprint density at radius 2 is 1.91 bits per heavy atom. The second-order valence-corrected chi connectivity index (χ2v) is 9.55. The van der Waals surface area contributed by atoms with Gasteiger partial charge in [-0.25, -0.2) is 18.7 Å². The molecular formula is C25H30F2N6O. The molecule has 0 spiro atoms. The molecule has 1 saturated carbocycles. The van der Waals surface area contributed by atoms with Crippen molar-refractivity contribution in [3.05, 3.63) is 36.3 Å². The molecule has 3 aromatic rings. The van der Waals surface area contributed by atoms with Gasteiger partial charge in [0, 0.05) is 49.5 Å². The van der Waals surface area contributed by atoms with Gasteiger partial charge >= 0.3 is 0 Å². The second kappa shape index (κ2) is 9.37. The van der Waals surface area contributed by atoms with Gasteiger partial charge in [-0.05, 0) is 50.4 Å². The molecule has 7 nitrogen and oxygen atoms in total. The van der Waals surface area contributed by atoms with Crippen LogP contribution in [0.1, 0.15) is 50.6 Å². The van der Waals surface area contributed by atoms with Gasteiger partial charge < -0.3 is 0 Å². The van der Waals surface area contributed by atoms with Crippen molar-refractivity contribution in [3.63, 3.8) is 0 Å². The zero-order valence-electron chi connectivity index (χ0n) is 19.4. The Bertz CT molecular complexity index is 1180. The lowest BCUT2D eigenvalue weighted by atomic mass is 9.86. The topological polar surface area (TPSA) is 75.9 Å². The molecule has 1 N–H and O–H groups in total. The SMILES string of the molecule is Cn1ncc(-c2ccc3cnc(NC(=O)C4CCC(F)(F)CC4)nc3c2)c1CN1CCCCC1. The number of nitrogens with zero attached hydrogens (tertiary/aromatic N) is 5. The number of carbonyl (C=O) groups excluding carboxylic acids is 1. The monoisotopic (exact) mass is 468 g/mol. The van der Waals surface area contributed by atoms with E-state index in [4.69, 9.17) is 0 Å². The summed E-state index contributed by atoms with van der Waals surface area (Å²) < 4.78 is 28.8. The van der Waals surface area contributed by atoms with E-state index in [0.717, 1.165) is 41.8 Å². The number of aryl methyl sites for hydroxylation is 1. The van der Waals surface area contributed by atoms with Crippen LogP contribution in [-0.2, 0) is 18.4 Å². The molecule has 0 bridgehead atoms. The number of hydrogen-bond acceptors (Lipinski definition) is 5. The summed E-state index contributed by atoms with van der Waals surface area (Å²) in [5, 5.41) is 8.10. The summed E-state index contributed by atoms with van der Waals surface area (Å²) in [6, 6.07) is 6.00. The highest BCUT2D eigenvalue weighted by atomic mass is 19.3. The molecule has 1 aliphatic heterocycles. The Kier molecular flexibility index (Phi) is 6.29. The fourth-order valence-electron chi connectivity index (χ4n) is 4.99. The van der Waals surface area contributed by atoms with E-state index in [1.54, 1.807) is 6.20 Å². The van der Waals surface area contributed by atoms with Crippen molar-refractivity contribution in [2.75, 3.05) is 18.4 Å². The Morgan fingerprint density at radius 1 is 1.15 bits per heavy atom. The smallest absolute Gasteiger partial charge is 0.248 e. The van der Waals surface area contributed by atoms with Crippen LogP contribution >= 0.6 is 0 Å². The molecule has 5 rings (SSSR count). The first-order chi connectivity index (χ1) is 16.4. The minimum Gasteiger partial charge on any atom is -0.298 e. The highest BCUT2D eigenvalue weighted by molar-refractivity contribution is 5.92. The Balaban J connectivity index is 1.35. The van der Waals surface area contributed by atoms with Crippen molar-refractivity contribution in [1.29, 1.82) is 0 Å². The number of alkyl halides is 2. The number of piperidine rings is 1. The third-order valence-electron chi connectivity index (χ3n) is 7.10. The molecule has 0 atom stereocenters. The zero-order chi connectivity index (χ0) is 23.7. The van der Waals surface area contributed by atoms with Crippen LogP contribution in [0.4, 0.5) is 14.7 Å². The first-order valence-electron chi connectivity index (χ1n) is 12.1. The van der Waals surface area contributed by atoms with Crippen molar-refractivity contribution in [1.82, 2.24) is 24.6 Å². The number of halogens is 2. The van der Waals surface area contributed by atoms with Crippen LogP contribution in [0, 0.1) is 5.92 Å². The molecule has 34 heavy (non-hydrogen) atoms. The van der Waals surface area contributed by atoms with Crippen molar-refractivity contribution < 1.29 is 13.6 Å². The molecule has 180 valence electrons. The van der Waals surface area contributed by atoms with E-state index in [1.807, 2.05) is 36.1 Å². The standard InChI is InChI=1S/C25H30F2N6O/c1-32-22(16-33-11-3-2-4-12-33)20(15-29-32)18-5-6-19-14-28-24(30-21(19)13-18)31-23(34)17-7-9-25(26,27)10-8-17/h5-6,13-15,17H,2-4,7-12,16H2,1H3,(H,28,30,31,34). The summed E-state index contributed by atoms with van der Waals surface area (Å²) >= 11 is 0. The van der Waals surface area contributed by atoms with Gasteiger partial charge in [-0.3, -0.25) is 19.7 Å². The summed E-state index contributed by atoms with van der Waals surface area (Å²) in [5.41, 5.74) is 3.96. The van der Waals surface area contributed by atoms with E-state index in [9.17, 15) is 13.6 Å². The fraction of sp³-hybridized carbons (Fsp3) is 0.520. The van der Waals surface area contributed by atoms with Crippen LogP contribution in [0.5, 0.6) is 0 Å². The number of anilines is 1. The molecule has 1 amide bonds. The van der Waals surface area contributed by atoms with Crippen molar-refractivity contribution in [2.24, 2.45) is 13.0 Å². The summed E-state index contributed by atoms with van der Waals surface area (Å²) in [6.07, 6.45) is 7.18. The number of aromatic nitrogens is 4. The molecule has 2 aromatic heterocycles. The maximum atomic E-state index is 13.4. The highest BCUT2D eigenvalue weighted by Crippen LogP contribution is 2.36. The lowest BCUT2D eigenvalue weighted by molar-refractivity contribution is -0.124. The molecule has 2 fully saturated rings. The lowest BCUT2D eigenvalue weighted by Crippen LogP contribution is -2.32. The van der Waals surface area contributed by atoms with Crippen LogP contribution in [-0.4, -0.2) is 49.6 Å². The number of nitrogens with one attached hydrogen (secondary N) is 1. The van der Waals surface area contributed by atoms with Crippen LogP contribution in [0.25, 0.3) is 22.0 Å². The normalized spacial score (nSPS) is 19.4. The lowest BCUT2D eigenvalue weighted by Gasteiger charge is -2.27. The minimum atomic E-state index is -2.66. The maximum absolute atomic E-state index is 13.4. The average molecular weight is 469 g/mol. The minimum absolute atomic E-state index is 0.178. The van der Waals surface area contributed by atoms with Gasteiger partial charge in [0.1, 0.15) is 0 Å². The van der Waals surface area contributed by atoms with Gasteiger partial charge in [0.2, 0.25) is 17.8 Å². The van der Waals surface area contributed by atoms with Gasteiger partial charge in [0.15, 0.2) is 0 Å². The van der Waals surface area contributed by atoms with Crippen molar-refractivity contribution in [3.8, 4) is 11.1 Å². The molecule has 1 saturated heterocycles. The third-order valence-corrected chi connectivity index (χ3v) is 7.10.